The Morgan fingerprint density at radius 2 is 1.06 bits per heavy atom. The Kier molecular flexibility index (Phi) is 3.47. The van der Waals surface area contributed by atoms with Crippen LogP contribution in [0.25, 0.3) is 32.9 Å². The zero-order valence-corrected chi connectivity index (χ0v) is 19.9. The summed E-state index contributed by atoms with van der Waals surface area (Å²) in [5, 5.41) is 2.63. The molecule has 1 spiro atoms. The summed E-state index contributed by atoms with van der Waals surface area (Å²) in [4.78, 5) is 3.68. The number of nitrogens with one attached hydrogen (secondary N) is 1. The molecule has 0 fully saturated rings. The molecular weight excluding hydrogens is 422 g/mol. The van der Waals surface area contributed by atoms with Gasteiger partial charge in [-0.15, -0.1) is 0 Å². The van der Waals surface area contributed by atoms with Gasteiger partial charge in [-0.1, -0.05) is 111 Å². The maximum absolute atomic E-state index is 3.68. The van der Waals surface area contributed by atoms with E-state index < -0.39 is 0 Å². The second kappa shape index (κ2) is 6.31. The Morgan fingerprint density at radius 1 is 0.486 bits per heavy atom. The first-order valence-corrected chi connectivity index (χ1v) is 12.5. The van der Waals surface area contributed by atoms with Crippen LogP contribution in [0.5, 0.6) is 0 Å². The molecule has 2 aliphatic carbocycles. The van der Waals surface area contributed by atoms with E-state index in [2.05, 4.69) is 128 Å². The molecule has 6 aromatic rings. The highest BCUT2D eigenvalue weighted by Gasteiger charge is 2.53. The van der Waals surface area contributed by atoms with Gasteiger partial charge < -0.3 is 4.98 Å². The Labute approximate surface area is 205 Å². The molecule has 1 N–H and O–H groups in total. The number of fused-ring (bicyclic) bond motifs is 13. The third kappa shape index (κ3) is 2.12. The SMILES string of the molecule is CC1(C)c2ccccc2C2(c3ccccc3-c3c2ccc2[nH]c4ccccc4c32)c2ccccc21. The van der Waals surface area contributed by atoms with Gasteiger partial charge in [0.05, 0.1) is 5.41 Å². The summed E-state index contributed by atoms with van der Waals surface area (Å²) in [5.41, 5.74) is 13.2. The van der Waals surface area contributed by atoms with Crippen molar-refractivity contribution in [2.75, 3.05) is 0 Å². The van der Waals surface area contributed by atoms with Crippen LogP contribution in [0.15, 0.2) is 109 Å². The van der Waals surface area contributed by atoms with Crippen molar-refractivity contribution >= 4 is 21.8 Å². The Hall–Kier alpha value is -4.10. The first-order valence-electron chi connectivity index (χ1n) is 12.5. The van der Waals surface area contributed by atoms with E-state index in [4.69, 9.17) is 0 Å². The Balaban J connectivity index is 1.65. The van der Waals surface area contributed by atoms with E-state index in [-0.39, 0.29) is 10.8 Å². The predicted octanol–water partition coefficient (Wildman–Crippen LogP) is 8.32. The van der Waals surface area contributed by atoms with Crippen molar-refractivity contribution < 1.29 is 0 Å². The summed E-state index contributed by atoms with van der Waals surface area (Å²) in [6.45, 7) is 4.75. The summed E-state index contributed by atoms with van der Waals surface area (Å²) >= 11 is 0. The van der Waals surface area contributed by atoms with Gasteiger partial charge in [0.2, 0.25) is 0 Å². The molecule has 0 aliphatic heterocycles. The van der Waals surface area contributed by atoms with Crippen LogP contribution < -0.4 is 0 Å². The summed E-state index contributed by atoms with van der Waals surface area (Å²) in [6.07, 6.45) is 0. The lowest BCUT2D eigenvalue weighted by Crippen LogP contribution is -2.40. The molecule has 0 saturated heterocycles. The van der Waals surface area contributed by atoms with Gasteiger partial charge in [0.25, 0.3) is 0 Å². The first-order chi connectivity index (χ1) is 17.1. The van der Waals surface area contributed by atoms with E-state index in [0.29, 0.717) is 0 Å². The smallest absolute Gasteiger partial charge is 0.0719 e. The topological polar surface area (TPSA) is 15.8 Å². The highest BCUT2D eigenvalue weighted by atomic mass is 14.7. The number of aromatic nitrogens is 1. The van der Waals surface area contributed by atoms with Crippen LogP contribution in [-0.4, -0.2) is 4.98 Å². The van der Waals surface area contributed by atoms with Gasteiger partial charge in [0, 0.05) is 27.2 Å². The van der Waals surface area contributed by atoms with Crippen molar-refractivity contribution in [1.82, 2.24) is 4.98 Å². The molecule has 35 heavy (non-hydrogen) atoms. The van der Waals surface area contributed by atoms with Crippen LogP contribution in [0.4, 0.5) is 0 Å². The number of hydrogen-bond acceptors (Lipinski definition) is 0. The summed E-state index contributed by atoms with van der Waals surface area (Å²) in [6, 6.07) is 40.8. The van der Waals surface area contributed by atoms with Crippen molar-refractivity contribution in [2.45, 2.75) is 24.7 Å². The number of rotatable bonds is 0. The molecule has 8 rings (SSSR count). The molecular formula is C34H25N. The van der Waals surface area contributed by atoms with Crippen molar-refractivity contribution in [3.05, 3.63) is 143 Å². The third-order valence-corrected chi connectivity index (χ3v) is 8.68. The van der Waals surface area contributed by atoms with Crippen LogP contribution in [0.3, 0.4) is 0 Å². The van der Waals surface area contributed by atoms with E-state index in [1.54, 1.807) is 0 Å². The van der Waals surface area contributed by atoms with E-state index >= 15 is 0 Å². The van der Waals surface area contributed by atoms with E-state index in [9.17, 15) is 0 Å². The fraction of sp³-hybridized carbons (Fsp3) is 0.118. The van der Waals surface area contributed by atoms with Crippen LogP contribution in [-0.2, 0) is 10.8 Å². The predicted molar refractivity (Wildman–Crippen MR) is 145 cm³/mol. The van der Waals surface area contributed by atoms with Gasteiger partial charge in [-0.25, -0.2) is 0 Å². The molecule has 1 aromatic heterocycles. The highest BCUT2D eigenvalue weighted by Crippen LogP contribution is 2.63. The summed E-state index contributed by atoms with van der Waals surface area (Å²) in [7, 11) is 0. The summed E-state index contributed by atoms with van der Waals surface area (Å²) in [5.74, 6) is 0. The fourth-order valence-electron chi connectivity index (χ4n) is 7.29. The number of benzene rings is 5. The first kappa shape index (κ1) is 19.2. The second-order valence-electron chi connectivity index (χ2n) is 10.6. The molecule has 0 saturated carbocycles. The largest absolute Gasteiger partial charge is 0.354 e. The molecule has 0 bridgehead atoms. The third-order valence-electron chi connectivity index (χ3n) is 8.68. The molecule has 1 heteroatoms. The van der Waals surface area contributed by atoms with Gasteiger partial charge in [-0.3, -0.25) is 0 Å². The van der Waals surface area contributed by atoms with E-state index in [1.165, 1.54) is 66.3 Å². The standard InChI is InChI=1S/C34H25N/c1-33(2)24-14-6-8-16-26(24)34(27-17-9-7-15-25(27)33)23-13-5-3-11-21(23)31-28(34)19-20-30-32(31)22-12-4-10-18-29(22)35-30/h3-20,35H,1-2H3. The van der Waals surface area contributed by atoms with Crippen molar-refractivity contribution in [3.63, 3.8) is 0 Å². The second-order valence-corrected chi connectivity index (χ2v) is 10.6. The average Bonchev–Trinajstić information content (AvgIpc) is 3.42. The molecule has 0 amide bonds. The summed E-state index contributed by atoms with van der Waals surface area (Å²) < 4.78 is 0. The Morgan fingerprint density at radius 3 is 1.77 bits per heavy atom. The van der Waals surface area contributed by atoms with E-state index in [0.717, 1.165) is 0 Å². The molecule has 0 atom stereocenters. The normalized spacial score (nSPS) is 16.2. The molecule has 166 valence electrons. The maximum atomic E-state index is 3.68. The number of H-pyrrole nitrogens is 1. The van der Waals surface area contributed by atoms with Crippen molar-refractivity contribution in [1.29, 1.82) is 0 Å². The maximum Gasteiger partial charge on any atom is 0.0719 e. The minimum absolute atomic E-state index is 0.0684. The highest BCUT2D eigenvalue weighted by molar-refractivity contribution is 6.17. The lowest BCUT2D eigenvalue weighted by Gasteiger charge is -2.46. The van der Waals surface area contributed by atoms with Crippen LogP contribution in [0.2, 0.25) is 0 Å². The molecule has 5 aromatic carbocycles. The van der Waals surface area contributed by atoms with Gasteiger partial charge in [-0.2, -0.15) is 0 Å². The number of hydrogen-bond donors (Lipinski definition) is 1. The monoisotopic (exact) mass is 447 g/mol. The quantitative estimate of drug-likeness (QED) is 0.240. The van der Waals surface area contributed by atoms with Crippen molar-refractivity contribution in [3.8, 4) is 11.1 Å². The van der Waals surface area contributed by atoms with Crippen LogP contribution >= 0.6 is 0 Å². The van der Waals surface area contributed by atoms with Gasteiger partial charge >= 0.3 is 0 Å². The molecule has 0 radical (unpaired) electrons. The van der Waals surface area contributed by atoms with Gasteiger partial charge in [0.15, 0.2) is 0 Å². The molecule has 0 unspecified atom stereocenters. The van der Waals surface area contributed by atoms with Crippen molar-refractivity contribution in [2.24, 2.45) is 0 Å². The van der Waals surface area contributed by atoms with Gasteiger partial charge in [0.1, 0.15) is 0 Å². The zero-order valence-electron chi connectivity index (χ0n) is 19.9. The fourth-order valence-corrected chi connectivity index (χ4v) is 7.29. The minimum atomic E-state index is -0.332. The van der Waals surface area contributed by atoms with Gasteiger partial charge in [-0.05, 0) is 56.6 Å². The number of aromatic amines is 1. The lowest BCUT2D eigenvalue weighted by atomic mass is 9.55. The zero-order chi connectivity index (χ0) is 23.4. The molecule has 2 aliphatic rings. The van der Waals surface area contributed by atoms with Crippen LogP contribution in [0.1, 0.15) is 47.2 Å². The lowest BCUT2D eigenvalue weighted by molar-refractivity contribution is 0.563. The van der Waals surface area contributed by atoms with Crippen LogP contribution in [0, 0.1) is 0 Å². The molecule has 1 heterocycles. The Bertz CT molecular complexity index is 1780. The molecule has 1 nitrogen and oxygen atoms in total. The average molecular weight is 448 g/mol. The van der Waals surface area contributed by atoms with E-state index in [1.807, 2.05) is 0 Å². The number of para-hydroxylation sites is 1. The minimum Gasteiger partial charge on any atom is -0.354 e.